The van der Waals surface area contributed by atoms with Crippen molar-refractivity contribution in [3.05, 3.63) is 23.5 Å². The van der Waals surface area contributed by atoms with Gasteiger partial charge >= 0.3 is 0 Å². The van der Waals surface area contributed by atoms with Crippen molar-refractivity contribution in [3.63, 3.8) is 0 Å². The maximum absolute atomic E-state index is 9.19. The summed E-state index contributed by atoms with van der Waals surface area (Å²) in [6, 6.07) is 1.80. The molecule has 1 N–H and O–H groups in total. The summed E-state index contributed by atoms with van der Waals surface area (Å²) in [5.74, 6) is 0.268. The van der Waals surface area contributed by atoms with Crippen LogP contribution in [0.3, 0.4) is 0 Å². The van der Waals surface area contributed by atoms with E-state index in [9.17, 15) is 5.11 Å². The third-order valence-corrected chi connectivity index (χ3v) is 2.22. The van der Waals surface area contributed by atoms with Gasteiger partial charge in [-0.05, 0) is 18.7 Å². The standard InChI is InChI=1S/C9H12N2O/c1-11-3-2-9-7(6-11)4-8(12)5-10-9/h4-5,12H,2-3,6H2,1H3. The largest absolute Gasteiger partial charge is 0.506 e. The predicted molar refractivity (Wildman–Crippen MR) is 45.9 cm³/mol. The van der Waals surface area contributed by atoms with E-state index in [0.29, 0.717) is 0 Å². The van der Waals surface area contributed by atoms with Crippen LogP contribution in [0.1, 0.15) is 11.3 Å². The molecular formula is C9H12N2O. The number of aromatic hydroxyl groups is 1. The highest BCUT2D eigenvalue weighted by Crippen LogP contribution is 2.19. The second kappa shape index (κ2) is 2.75. The molecule has 0 aromatic carbocycles. The van der Waals surface area contributed by atoms with Crippen LogP contribution in [0.15, 0.2) is 12.3 Å². The molecule has 0 spiro atoms. The molecule has 0 fully saturated rings. The fraction of sp³-hybridized carbons (Fsp3) is 0.444. The molecule has 12 heavy (non-hydrogen) atoms. The van der Waals surface area contributed by atoms with Gasteiger partial charge in [0.25, 0.3) is 0 Å². The molecule has 0 bridgehead atoms. The topological polar surface area (TPSA) is 36.4 Å². The van der Waals surface area contributed by atoms with Gasteiger partial charge in [-0.1, -0.05) is 0 Å². The van der Waals surface area contributed by atoms with Crippen LogP contribution in [0, 0.1) is 0 Å². The molecule has 1 aromatic rings. The Morgan fingerprint density at radius 2 is 2.42 bits per heavy atom. The highest BCUT2D eigenvalue weighted by atomic mass is 16.3. The van der Waals surface area contributed by atoms with E-state index in [-0.39, 0.29) is 5.75 Å². The Morgan fingerprint density at radius 3 is 3.25 bits per heavy atom. The smallest absolute Gasteiger partial charge is 0.134 e. The highest BCUT2D eigenvalue weighted by Gasteiger charge is 2.13. The summed E-state index contributed by atoms with van der Waals surface area (Å²) < 4.78 is 0. The van der Waals surface area contributed by atoms with Crippen LogP contribution in [0.2, 0.25) is 0 Å². The molecule has 0 aliphatic carbocycles. The summed E-state index contributed by atoms with van der Waals surface area (Å²) >= 11 is 0. The second-order valence-corrected chi connectivity index (χ2v) is 3.29. The van der Waals surface area contributed by atoms with Crippen molar-refractivity contribution in [2.24, 2.45) is 0 Å². The fourth-order valence-electron chi connectivity index (χ4n) is 1.55. The van der Waals surface area contributed by atoms with Gasteiger partial charge in [-0.15, -0.1) is 0 Å². The Morgan fingerprint density at radius 1 is 1.58 bits per heavy atom. The van der Waals surface area contributed by atoms with E-state index in [1.807, 2.05) is 0 Å². The van der Waals surface area contributed by atoms with Crippen LogP contribution in [0.4, 0.5) is 0 Å². The minimum absolute atomic E-state index is 0.268. The zero-order chi connectivity index (χ0) is 8.55. The summed E-state index contributed by atoms with van der Waals surface area (Å²) in [4.78, 5) is 6.40. The minimum Gasteiger partial charge on any atom is -0.506 e. The normalized spacial score (nSPS) is 17.4. The van der Waals surface area contributed by atoms with E-state index < -0.39 is 0 Å². The fourth-order valence-corrected chi connectivity index (χ4v) is 1.55. The molecule has 2 heterocycles. The molecule has 0 amide bonds. The number of rotatable bonds is 0. The Hall–Kier alpha value is -1.09. The van der Waals surface area contributed by atoms with Crippen LogP contribution in [0.25, 0.3) is 0 Å². The lowest BCUT2D eigenvalue weighted by Crippen LogP contribution is -2.27. The molecular weight excluding hydrogens is 152 g/mol. The van der Waals surface area contributed by atoms with Gasteiger partial charge in [0.1, 0.15) is 5.75 Å². The first-order chi connectivity index (χ1) is 5.75. The molecule has 1 aliphatic heterocycles. The van der Waals surface area contributed by atoms with Gasteiger partial charge in [-0.2, -0.15) is 0 Å². The number of hydrogen-bond donors (Lipinski definition) is 1. The van der Waals surface area contributed by atoms with E-state index in [4.69, 9.17) is 0 Å². The third kappa shape index (κ3) is 1.28. The maximum Gasteiger partial charge on any atom is 0.134 e. The second-order valence-electron chi connectivity index (χ2n) is 3.29. The lowest BCUT2D eigenvalue weighted by atomic mass is 10.1. The predicted octanol–water partition coefficient (Wildman–Crippen LogP) is 0.775. The number of likely N-dealkylation sites (N-methyl/N-ethyl adjacent to an activating group) is 1. The minimum atomic E-state index is 0.268. The quantitative estimate of drug-likeness (QED) is 0.615. The molecule has 0 saturated carbocycles. The van der Waals surface area contributed by atoms with E-state index >= 15 is 0 Å². The number of fused-ring (bicyclic) bond motifs is 1. The summed E-state index contributed by atoms with van der Waals surface area (Å²) in [6.45, 7) is 1.96. The average Bonchev–Trinajstić information content (AvgIpc) is 2.03. The van der Waals surface area contributed by atoms with Crippen LogP contribution in [-0.2, 0) is 13.0 Å². The zero-order valence-electron chi connectivity index (χ0n) is 7.12. The molecule has 2 rings (SSSR count). The Balaban J connectivity index is 2.37. The van der Waals surface area contributed by atoms with E-state index in [1.165, 1.54) is 6.20 Å². The summed E-state index contributed by atoms with van der Waals surface area (Å²) in [5.41, 5.74) is 2.29. The lowest BCUT2D eigenvalue weighted by Gasteiger charge is -2.23. The summed E-state index contributed by atoms with van der Waals surface area (Å²) in [5, 5.41) is 9.19. The Kier molecular flexibility index (Phi) is 1.73. The number of nitrogens with zero attached hydrogens (tertiary/aromatic N) is 2. The van der Waals surface area contributed by atoms with Crippen LogP contribution in [-0.4, -0.2) is 28.6 Å². The SMILES string of the molecule is CN1CCc2ncc(O)cc2C1. The summed E-state index contributed by atoms with van der Waals surface area (Å²) in [6.07, 6.45) is 2.51. The van der Waals surface area contributed by atoms with Crippen molar-refractivity contribution in [2.75, 3.05) is 13.6 Å². The van der Waals surface area contributed by atoms with Gasteiger partial charge in [0.05, 0.1) is 6.20 Å². The van der Waals surface area contributed by atoms with E-state index in [0.717, 1.165) is 30.8 Å². The summed E-state index contributed by atoms with van der Waals surface area (Å²) in [7, 11) is 2.08. The number of hydrogen-bond acceptors (Lipinski definition) is 3. The van der Waals surface area contributed by atoms with Crippen molar-refractivity contribution >= 4 is 0 Å². The van der Waals surface area contributed by atoms with Crippen LogP contribution < -0.4 is 0 Å². The van der Waals surface area contributed by atoms with E-state index in [1.54, 1.807) is 6.07 Å². The third-order valence-electron chi connectivity index (χ3n) is 2.22. The van der Waals surface area contributed by atoms with Crippen molar-refractivity contribution in [3.8, 4) is 5.75 Å². The maximum atomic E-state index is 9.19. The first-order valence-electron chi connectivity index (χ1n) is 4.11. The monoisotopic (exact) mass is 164 g/mol. The molecule has 64 valence electrons. The van der Waals surface area contributed by atoms with Gasteiger partial charge in [0.2, 0.25) is 0 Å². The molecule has 0 unspecified atom stereocenters. The molecule has 0 saturated heterocycles. The van der Waals surface area contributed by atoms with Gasteiger partial charge < -0.3 is 10.0 Å². The van der Waals surface area contributed by atoms with Gasteiger partial charge in [-0.3, -0.25) is 4.98 Å². The Labute approximate surface area is 71.7 Å². The molecule has 3 nitrogen and oxygen atoms in total. The molecule has 0 radical (unpaired) electrons. The van der Waals surface area contributed by atoms with Crippen molar-refractivity contribution < 1.29 is 5.11 Å². The first-order valence-corrected chi connectivity index (χ1v) is 4.11. The molecule has 1 aromatic heterocycles. The van der Waals surface area contributed by atoms with E-state index in [2.05, 4.69) is 16.9 Å². The molecule has 3 heteroatoms. The number of aromatic nitrogens is 1. The number of pyridine rings is 1. The van der Waals surface area contributed by atoms with Crippen LogP contribution >= 0.6 is 0 Å². The Bertz CT molecular complexity index is 299. The average molecular weight is 164 g/mol. The lowest BCUT2D eigenvalue weighted by molar-refractivity contribution is 0.308. The van der Waals surface area contributed by atoms with Crippen molar-refractivity contribution in [2.45, 2.75) is 13.0 Å². The zero-order valence-corrected chi connectivity index (χ0v) is 7.12. The van der Waals surface area contributed by atoms with Crippen LogP contribution in [0.5, 0.6) is 5.75 Å². The van der Waals surface area contributed by atoms with Gasteiger partial charge in [-0.25, -0.2) is 0 Å². The van der Waals surface area contributed by atoms with Gasteiger partial charge in [0.15, 0.2) is 0 Å². The molecule has 0 atom stereocenters. The van der Waals surface area contributed by atoms with Gasteiger partial charge in [0, 0.05) is 25.2 Å². The first kappa shape index (κ1) is 7.55. The molecule has 1 aliphatic rings. The van der Waals surface area contributed by atoms with Crippen molar-refractivity contribution in [1.29, 1.82) is 0 Å². The highest BCUT2D eigenvalue weighted by molar-refractivity contribution is 5.29. The van der Waals surface area contributed by atoms with Crippen molar-refractivity contribution in [1.82, 2.24) is 9.88 Å².